The topological polar surface area (TPSA) is 114 Å². The predicted molar refractivity (Wildman–Crippen MR) is 129 cm³/mol. The highest BCUT2D eigenvalue weighted by Gasteiger charge is 2.33. The number of rotatable bonds is 6. The van der Waals surface area contributed by atoms with Gasteiger partial charge in [0.25, 0.3) is 0 Å². The Balaban J connectivity index is 1.88. The molecule has 0 spiro atoms. The molecule has 2 aromatic heterocycles. The second-order valence-electron chi connectivity index (χ2n) is 9.17. The van der Waals surface area contributed by atoms with Crippen molar-refractivity contribution in [1.29, 1.82) is 0 Å². The van der Waals surface area contributed by atoms with E-state index in [0.29, 0.717) is 17.2 Å². The lowest BCUT2D eigenvalue weighted by Gasteiger charge is -2.24. The highest BCUT2D eigenvalue weighted by atomic mass is 19.4. The number of carboxylic acid groups (broad SMARTS) is 1. The van der Waals surface area contributed by atoms with Crippen LogP contribution < -0.4 is 15.0 Å². The summed E-state index contributed by atoms with van der Waals surface area (Å²) in [4.78, 5) is 32.0. The number of carbonyl (C=O) groups is 2. The SMILES string of the molecule is Cc1c(Cc2ccnc(N(C(=O)O)C(=O)OC(C)(C)C)c2F)cncc1Nc1ccc(OC(F)(F)F)cc1F. The van der Waals surface area contributed by atoms with E-state index in [1.54, 1.807) is 6.92 Å². The van der Waals surface area contributed by atoms with Crippen molar-refractivity contribution in [2.75, 3.05) is 10.2 Å². The quantitative estimate of drug-likeness (QED) is 0.323. The summed E-state index contributed by atoms with van der Waals surface area (Å²) in [6.07, 6.45) is -4.38. The summed E-state index contributed by atoms with van der Waals surface area (Å²) in [5.41, 5.74) is -0.0607. The van der Waals surface area contributed by atoms with E-state index in [-0.39, 0.29) is 28.3 Å². The maximum atomic E-state index is 15.4. The van der Waals surface area contributed by atoms with Crippen LogP contribution in [0.1, 0.15) is 37.5 Å². The van der Waals surface area contributed by atoms with E-state index in [4.69, 9.17) is 4.74 Å². The summed E-state index contributed by atoms with van der Waals surface area (Å²) in [6, 6.07) is 3.83. The fourth-order valence-electron chi connectivity index (χ4n) is 3.34. The van der Waals surface area contributed by atoms with Crippen LogP contribution in [0.15, 0.2) is 42.9 Å². The van der Waals surface area contributed by atoms with Gasteiger partial charge in [0.1, 0.15) is 17.2 Å². The Morgan fingerprint density at radius 3 is 2.33 bits per heavy atom. The highest BCUT2D eigenvalue weighted by Crippen LogP contribution is 2.31. The first kappa shape index (κ1) is 29.1. The lowest BCUT2D eigenvalue weighted by atomic mass is 10.0. The Morgan fingerprint density at radius 1 is 1.05 bits per heavy atom. The molecule has 0 fully saturated rings. The number of alkyl halides is 3. The third-order valence-corrected chi connectivity index (χ3v) is 5.07. The molecular formula is C25H23F5N4O5. The third-order valence-electron chi connectivity index (χ3n) is 5.07. The van der Waals surface area contributed by atoms with E-state index < -0.39 is 47.4 Å². The second-order valence-corrected chi connectivity index (χ2v) is 9.17. The monoisotopic (exact) mass is 554 g/mol. The van der Waals surface area contributed by atoms with Gasteiger partial charge in [0.15, 0.2) is 11.6 Å². The van der Waals surface area contributed by atoms with Crippen LogP contribution in [0.25, 0.3) is 0 Å². The van der Waals surface area contributed by atoms with Gasteiger partial charge in [-0.15, -0.1) is 13.2 Å². The van der Waals surface area contributed by atoms with Crippen LogP contribution in [-0.2, 0) is 11.2 Å². The number of nitrogens with one attached hydrogen (secondary N) is 1. The van der Waals surface area contributed by atoms with Crippen molar-refractivity contribution in [2.45, 2.75) is 46.1 Å². The Kier molecular flexibility index (Phi) is 8.27. The number of nitrogens with zero attached hydrogens (tertiary/aromatic N) is 3. The van der Waals surface area contributed by atoms with Crippen molar-refractivity contribution >= 4 is 29.4 Å². The number of benzene rings is 1. The molecular weight excluding hydrogens is 531 g/mol. The van der Waals surface area contributed by atoms with Crippen molar-refractivity contribution in [3.63, 3.8) is 0 Å². The molecule has 0 radical (unpaired) electrons. The molecule has 2 heterocycles. The number of imide groups is 1. The molecule has 0 saturated heterocycles. The van der Waals surface area contributed by atoms with Crippen LogP contribution in [0.5, 0.6) is 5.75 Å². The molecule has 0 aliphatic heterocycles. The van der Waals surface area contributed by atoms with Crippen LogP contribution in [0.3, 0.4) is 0 Å². The van der Waals surface area contributed by atoms with E-state index in [0.717, 1.165) is 18.3 Å². The van der Waals surface area contributed by atoms with E-state index in [2.05, 4.69) is 20.0 Å². The molecule has 14 heteroatoms. The van der Waals surface area contributed by atoms with Crippen LogP contribution in [-0.4, -0.2) is 39.2 Å². The Bertz CT molecular complexity index is 1390. The highest BCUT2D eigenvalue weighted by molar-refractivity contribution is 6.08. The molecule has 0 saturated carbocycles. The molecule has 0 atom stereocenters. The smallest absolute Gasteiger partial charge is 0.464 e. The minimum atomic E-state index is -4.98. The number of ether oxygens (including phenoxy) is 2. The Labute approximate surface area is 219 Å². The minimum absolute atomic E-state index is 0.0308. The summed E-state index contributed by atoms with van der Waals surface area (Å²) in [5.74, 6) is -3.63. The molecule has 3 aromatic rings. The fourth-order valence-corrected chi connectivity index (χ4v) is 3.34. The molecule has 208 valence electrons. The number of amides is 2. The average Bonchev–Trinajstić information content (AvgIpc) is 2.78. The molecule has 0 bridgehead atoms. The zero-order valence-corrected chi connectivity index (χ0v) is 21.1. The minimum Gasteiger partial charge on any atom is -0.464 e. The summed E-state index contributed by atoms with van der Waals surface area (Å²) in [5, 5.41) is 12.2. The van der Waals surface area contributed by atoms with Crippen LogP contribution >= 0.6 is 0 Å². The number of aromatic nitrogens is 2. The summed E-state index contributed by atoms with van der Waals surface area (Å²) >= 11 is 0. The molecule has 0 aliphatic rings. The van der Waals surface area contributed by atoms with Crippen LogP contribution in [0.4, 0.5) is 48.7 Å². The molecule has 1 aromatic carbocycles. The molecule has 2 amide bonds. The summed E-state index contributed by atoms with van der Waals surface area (Å²) in [6.45, 7) is 6.15. The normalized spacial score (nSPS) is 11.6. The fraction of sp³-hybridized carbons (Fsp3) is 0.280. The van der Waals surface area contributed by atoms with Crippen LogP contribution in [0, 0.1) is 18.6 Å². The maximum absolute atomic E-state index is 15.4. The van der Waals surface area contributed by atoms with Gasteiger partial charge in [-0.1, -0.05) is 0 Å². The van der Waals surface area contributed by atoms with Gasteiger partial charge in [0, 0.05) is 24.9 Å². The van der Waals surface area contributed by atoms with E-state index in [1.165, 1.54) is 39.2 Å². The summed E-state index contributed by atoms with van der Waals surface area (Å²) < 4.78 is 75.7. The van der Waals surface area contributed by atoms with Crippen molar-refractivity contribution in [3.8, 4) is 5.75 Å². The Hall–Kier alpha value is -4.49. The zero-order valence-electron chi connectivity index (χ0n) is 21.1. The van der Waals surface area contributed by atoms with Gasteiger partial charge in [-0.05, 0) is 62.6 Å². The van der Waals surface area contributed by atoms with Gasteiger partial charge in [0.2, 0.25) is 0 Å². The summed E-state index contributed by atoms with van der Waals surface area (Å²) in [7, 11) is 0. The van der Waals surface area contributed by atoms with Gasteiger partial charge >= 0.3 is 18.5 Å². The van der Waals surface area contributed by atoms with Crippen molar-refractivity contribution in [3.05, 3.63) is 71.2 Å². The molecule has 39 heavy (non-hydrogen) atoms. The first-order valence-corrected chi connectivity index (χ1v) is 11.2. The van der Waals surface area contributed by atoms with E-state index in [1.807, 2.05) is 0 Å². The van der Waals surface area contributed by atoms with Crippen LogP contribution in [0.2, 0.25) is 0 Å². The van der Waals surface area contributed by atoms with Gasteiger partial charge in [-0.2, -0.15) is 4.90 Å². The zero-order chi connectivity index (χ0) is 29.1. The number of pyridine rings is 2. The first-order valence-electron chi connectivity index (χ1n) is 11.2. The predicted octanol–water partition coefficient (Wildman–Crippen LogP) is 6.72. The molecule has 0 aliphatic carbocycles. The average molecular weight is 554 g/mol. The number of hydrogen-bond donors (Lipinski definition) is 2. The van der Waals surface area contributed by atoms with Gasteiger partial charge in [0.05, 0.1) is 17.6 Å². The molecule has 2 N–H and O–H groups in total. The van der Waals surface area contributed by atoms with Gasteiger partial charge < -0.3 is 19.9 Å². The Morgan fingerprint density at radius 2 is 1.74 bits per heavy atom. The van der Waals surface area contributed by atoms with Crippen molar-refractivity contribution in [1.82, 2.24) is 9.97 Å². The standard InChI is InChI=1S/C25H23F5N4O5/c1-13-15(11-31-12-19(13)33-18-6-5-16(10-17(18)26)38-25(28,29)30)9-14-7-8-32-21(20(14)27)34(22(35)36)23(37)39-24(2,3)4/h5-8,10-12,33H,9H2,1-4H3,(H,35,36). The molecule has 9 nitrogen and oxygen atoms in total. The third kappa shape index (κ3) is 7.52. The number of halogens is 5. The lowest BCUT2D eigenvalue weighted by molar-refractivity contribution is -0.274. The largest absolute Gasteiger partial charge is 0.573 e. The lowest BCUT2D eigenvalue weighted by Crippen LogP contribution is -2.41. The first-order chi connectivity index (χ1) is 18.1. The van der Waals surface area contributed by atoms with Gasteiger partial charge in [-0.3, -0.25) is 4.98 Å². The van der Waals surface area contributed by atoms with E-state index >= 15 is 4.39 Å². The van der Waals surface area contributed by atoms with Crippen molar-refractivity contribution < 1.29 is 46.1 Å². The van der Waals surface area contributed by atoms with Crippen molar-refractivity contribution in [2.24, 2.45) is 0 Å². The number of carbonyl (C=O) groups excluding carboxylic acids is 1. The molecule has 3 rings (SSSR count). The number of anilines is 3. The second kappa shape index (κ2) is 11.1. The maximum Gasteiger partial charge on any atom is 0.573 e. The van der Waals surface area contributed by atoms with E-state index in [9.17, 15) is 32.3 Å². The van der Waals surface area contributed by atoms with Gasteiger partial charge in [-0.25, -0.2) is 23.4 Å². The molecule has 0 unspecified atom stereocenters. The number of hydrogen-bond acceptors (Lipinski definition) is 7.